The molecule has 2 aromatic heterocycles. The highest BCUT2D eigenvalue weighted by Gasteiger charge is 2.12. The molecule has 0 bridgehead atoms. The molecule has 2 heterocycles. The van der Waals surface area contributed by atoms with Gasteiger partial charge in [-0.1, -0.05) is 11.6 Å². The lowest BCUT2D eigenvalue weighted by Crippen LogP contribution is -2.02. The fraction of sp³-hybridized carbons (Fsp3) is 0.200. The highest BCUT2D eigenvalue weighted by Crippen LogP contribution is 2.30. The lowest BCUT2D eigenvalue weighted by atomic mass is 10.3. The Hall–Kier alpha value is -1.20. The van der Waals surface area contributed by atoms with E-state index in [0.29, 0.717) is 15.9 Å². The minimum atomic E-state index is -0.422. The Bertz CT molecular complexity index is 527. The molecule has 0 aliphatic carbocycles. The van der Waals surface area contributed by atoms with Crippen molar-refractivity contribution in [2.24, 2.45) is 0 Å². The molecule has 0 aliphatic heterocycles. The van der Waals surface area contributed by atoms with E-state index in [4.69, 9.17) is 11.6 Å². The topological polar surface area (TPSA) is 37.8 Å². The van der Waals surface area contributed by atoms with Crippen LogP contribution < -0.4 is 5.32 Å². The van der Waals surface area contributed by atoms with Gasteiger partial charge in [0.15, 0.2) is 17.5 Å². The van der Waals surface area contributed by atoms with Crippen molar-refractivity contribution in [1.29, 1.82) is 0 Å². The summed E-state index contributed by atoms with van der Waals surface area (Å²) in [5.74, 6) is 0.265. The van der Waals surface area contributed by atoms with Crippen LogP contribution in [0.2, 0.25) is 4.34 Å². The van der Waals surface area contributed by atoms with Gasteiger partial charge in [0, 0.05) is 7.05 Å². The van der Waals surface area contributed by atoms with Crippen LogP contribution >= 0.6 is 22.9 Å². The van der Waals surface area contributed by atoms with Crippen molar-refractivity contribution in [1.82, 2.24) is 9.97 Å². The van der Waals surface area contributed by atoms with E-state index in [1.54, 1.807) is 20.0 Å². The maximum Gasteiger partial charge on any atom is 0.186 e. The highest BCUT2D eigenvalue weighted by atomic mass is 35.5. The molecule has 2 rings (SSSR count). The third-order valence-electron chi connectivity index (χ3n) is 2.05. The lowest BCUT2D eigenvalue weighted by molar-refractivity contribution is 0.607. The largest absolute Gasteiger partial charge is 0.371 e. The third kappa shape index (κ3) is 2.01. The molecule has 0 saturated carbocycles. The number of anilines is 1. The van der Waals surface area contributed by atoms with Crippen LogP contribution in [0.5, 0.6) is 0 Å². The molecule has 0 unspecified atom stereocenters. The van der Waals surface area contributed by atoms with Gasteiger partial charge in [-0.2, -0.15) is 0 Å². The third-order valence-corrected chi connectivity index (χ3v) is 3.27. The zero-order valence-corrected chi connectivity index (χ0v) is 10.3. The van der Waals surface area contributed by atoms with Gasteiger partial charge in [0.1, 0.15) is 0 Å². The predicted molar refractivity (Wildman–Crippen MR) is 64.6 cm³/mol. The van der Waals surface area contributed by atoms with Gasteiger partial charge in [0.2, 0.25) is 0 Å². The monoisotopic (exact) mass is 257 g/mol. The van der Waals surface area contributed by atoms with Crippen molar-refractivity contribution >= 4 is 28.8 Å². The minimum Gasteiger partial charge on any atom is -0.371 e. The average molecular weight is 258 g/mol. The Morgan fingerprint density at radius 2 is 2.12 bits per heavy atom. The maximum atomic E-state index is 13.5. The zero-order chi connectivity index (χ0) is 11.7. The first-order chi connectivity index (χ1) is 7.61. The molecule has 0 amide bonds. The summed E-state index contributed by atoms with van der Waals surface area (Å²) in [5.41, 5.74) is 0.318. The normalized spacial score (nSPS) is 10.5. The summed E-state index contributed by atoms with van der Waals surface area (Å²) in [4.78, 5) is 9.00. The van der Waals surface area contributed by atoms with E-state index in [2.05, 4.69) is 15.3 Å². The molecule has 0 aliphatic rings. The Balaban J connectivity index is 2.54. The second-order valence-corrected chi connectivity index (χ2v) is 4.86. The first-order valence-electron chi connectivity index (χ1n) is 4.59. The van der Waals surface area contributed by atoms with E-state index in [1.165, 1.54) is 11.3 Å². The van der Waals surface area contributed by atoms with E-state index in [1.807, 2.05) is 6.07 Å². The summed E-state index contributed by atoms with van der Waals surface area (Å²) in [6.45, 7) is 1.61. The molecule has 16 heavy (non-hydrogen) atoms. The van der Waals surface area contributed by atoms with E-state index in [9.17, 15) is 4.39 Å². The summed E-state index contributed by atoms with van der Waals surface area (Å²) >= 11 is 7.19. The molecule has 0 spiro atoms. The summed E-state index contributed by atoms with van der Waals surface area (Å²) in [7, 11) is 1.62. The zero-order valence-electron chi connectivity index (χ0n) is 8.71. The number of nitrogens with one attached hydrogen (secondary N) is 1. The van der Waals surface area contributed by atoms with Gasteiger partial charge in [-0.05, 0) is 19.1 Å². The first-order valence-corrected chi connectivity index (χ1v) is 5.79. The molecule has 0 aromatic carbocycles. The van der Waals surface area contributed by atoms with Gasteiger partial charge in [-0.3, -0.25) is 0 Å². The fourth-order valence-corrected chi connectivity index (χ4v) is 2.25. The van der Waals surface area contributed by atoms with Crippen molar-refractivity contribution in [2.75, 3.05) is 12.4 Å². The fourth-order valence-electron chi connectivity index (χ4n) is 1.27. The molecule has 0 atom stereocenters. The van der Waals surface area contributed by atoms with E-state index < -0.39 is 5.82 Å². The average Bonchev–Trinajstić information content (AvgIpc) is 2.69. The second kappa shape index (κ2) is 4.35. The first kappa shape index (κ1) is 11.3. The number of aryl methyl sites for hydroxylation is 1. The maximum absolute atomic E-state index is 13.5. The Morgan fingerprint density at radius 1 is 1.38 bits per heavy atom. The summed E-state index contributed by atoms with van der Waals surface area (Å²) < 4.78 is 14.2. The Kier molecular flexibility index (Phi) is 3.07. The molecule has 0 saturated heterocycles. The van der Waals surface area contributed by atoms with E-state index >= 15 is 0 Å². The van der Waals surface area contributed by atoms with Crippen LogP contribution in [0.25, 0.3) is 10.7 Å². The second-order valence-electron chi connectivity index (χ2n) is 3.15. The van der Waals surface area contributed by atoms with Gasteiger partial charge in [0.05, 0.1) is 14.9 Å². The molecule has 1 N–H and O–H groups in total. The summed E-state index contributed by atoms with van der Waals surface area (Å²) in [5, 5.41) is 2.70. The lowest BCUT2D eigenvalue weighted by Gasteiger charge is -2.05. The number of hydrogen-bond donors (Lipinski definition) is 1. The smallest absolute Gasteiger partial charge is 0.186 e. The van der Waals surface area contributed by atoms with Crippen molar-refractivity contribution in [3.05, 3.63) is 28.0 Å². The minimum absolute atomic E-state index is 0.201. The standard InChI is InChI=1S/C10H9ClFN3S/c1-5-8(12)10(13-2)15-9(14-5)6-3-4-7(11)16-6/h3-4H,1-2H3,(H,13,14,15). The number of nitrogens with zero attached hydrogens (tertiary/aromatic N) is 2. The Labute approximate surface area is 101 Å². The molecular weight excluding hydrogens is 249 g/mol. The van der Waals surface area contributed by atoms with E-state index in [0.717, 1.165) is 4.88 Å². The molecule has 84 valence electrons. The molecule has 3 nitrogen and oxygen atoms in total. The van der Waals surface area contributed by atoms with Crippen LogP contribution in [0, 0.1) is 12.7 Å². The number of thiophene rings is 1. The van der Waals surface area contributed by atoms with Gasteiger partial charge in [0.25, 0.3) is 0 Å². The highest BCUT2D eigenvalue weighted by molar-refractivity contribution is 7.19. The molecular formula is C10H9ClFN3S. The Morgan fingerprint density at radius 3 is 2.69 bits per heavy atom. The molecule has 6 heteroatoms. The van der Waals surface area contributed by atoms with Gasteiger partial charge in [-0.25, -0.2) is 14.4 Å². The van der Waals surface area contributed by atoms with E-state index in [-0.39, 0.29) is 5.82 Å². The summed E-state index contributed by atoms with van der Waals surface area (Å²) in [6.07, 6.45) is 0. The van der Waals surface area contributed by atoms with Gasteiger partial charge in [-0.15, -0.1) is 11.3 Å². The van der Waals surface area contributed by atoms with Crippen molar-refractivity contribution in [3.63, 3.8) is 0 Å². The van der Waals surface area contributed by atoms with Gasteiger partial charge < -0.3 is 5.32 Å². The van der Waals surface area contributed by atoms with Crippen LogP contribution in [0.4, 0.5) is 10.2 Å². The van der Waals surface area contributed by atoms with Crippen LogP contribution in [-0.2, 0) is 0 Å². The molecule has 2 aromatic rings. The SMILES string of the molecule is CNc1nc(-c2ccc(Cl)s2)nc(C)c1F. The predicted octanol–water partition coefficient (Wildman–Crippen LogP) is 3.35. The van der Waals surface area contributed by atoms with Crippen LogP contribution in [-0.4, -0.2) is 17.0 Å². The molecule has 0 radical (unpaired) electrons. The van der Waals surface area contributed by atoms with Crippen LogP contribution in [0.1, 0.15) is 5.69 Å². The van der Waals surface area contributed by atoms with Crippen molar-refractivity contribution in [3.8, 4) is 10.7 Å². The number of aromatic nitrogens is 2. The number of halogens is 2. The van der Waals surface area contributed by atoms with Crippen LogP contribution in [0.3, 0.4) is 0 Å². The van der Waals surface area contributed by atoms with Crippen molar-refractivity contribution < 1.29 is 4.39 Å². The van der Waals surface area contributed by atoms with Crippen molar-refractivity contribution in [2.45, 2.75) is 6.92 Å². The number of hydrogen-bond acceptors (Lipinski definition) is 4. The van der Waals surface area contributed by atoms with Crippen LogP contribution in [0.15, 0.2) is 12.1 Å². The molecule has 0 fully saturated rings. The van der Waals surface area contributed by atoms with Gasteiger partial charge >= 0.3 is 0 Å². The quantitative estimate of drug-likeness (QED) is 0.897. The number of rotatable bonds is 2. The summed E-state index contributed by atoms with van der Waals surface area (Å²) in [6, 6.07) is 3.59.